The zero-order chi connectivity index (χ0) is 13.6. The molecule has 1 atom stereocenters. The lowest BCUT2D eigenvalue weighted by molar-refractivity contribution is -0.147. The number of urea groups is 1. The van der Waals surface area contributed by atoms with Gasteiger partial charge in [-0.05, 0) is 5.92 Å². The number of nitrogens with one attached hydrogen (secondary N) is 1. The third kappa shape index (κ3) is 5.19. The van der Waals surface area contributed by atoms with Crippen molar-refractivity contribution in [3.8, 4) is 0 Å². The summed E-state index contributed by atoms with van der Waals surface area (Å²) in [5, 5.41) is 2.35. The van der Waals surface area contributed by atoms with Crippen LogP contribution in [-0.2, 0) is 14.3 Å². The van der Waals surface area contributed by atoms with Gasteiger partial charge in [0.05, 0.1) is 7.11 Å². The molecule has 1 unspecified atom stereocenters. The van der Waals surface area contributed by atoms with E-state index in [0.29, 0.717) is 0 Å². The molecule has 3 N–H and O–H groups in total. The molecule has 0 spiro atoms. The summed E-state index contributed by atoms with van der Waals surface area (Å²) in [6, 6.07) is -1.52. The van der Waals surface area contributed by atoms with E-state index in [9.17, 15) is 14.4 Å². The summed E-state index contributed by atoms with van der Waals surface area (Å²) in [6.45, 7) is 3.37. The van der Waals surface area contributed by atoms with Crippen molar-refractivity contribution in [3.63, 3.8) is 0 Å². The van der Waals surface area contributed by atoms with Crippen LogP contribution in [0.5, 0.6) is 0 Å². The Labute approximate surface area is 100 Å². The molecule has 0 aliphatic rings. The largest absolute Gasteiger partial charge is 0.468 e. The number of carbonyl (C=O) groups is 3. The first-order valence-electron chi connectivity index (χ1n) is 5.17. The zero-order valence-electron chi connectivity index (χ0n) is 10.5. The molecule has 3 amide bonds. The van der Waals surface area contributed by atoms with Crippen molar-refractivity contribution in [1.82, 2.24) is 10.2 Å². The van der Waals surface area contributed by atoms with Crippen LogP contribution in [0, 0.1) is 5.92 Å². The molecule has 7 heteroatoms. The Hall–Kier alpha value is -1.79. The van der Waals surface area contributed by atoms with Crippen LogP contribution < -0.4 is 11.1 Å². The summed E-state index contributed by atoms with van der Waals surface area (Å²) in [7, 11) is 2.69. The minimum absolute atomic E-state index is 0.130. The van der Waals surface area contributed by atoms with E-state index >= 15 is 0 Å². The highest BCUT2D eigenvalue weighted by Crippen LogP contribution is 2.05. The van der Waals surface area contributed by atoms with Crippen LogP contribution in [0.4, 0.5) is 4.79 Å². The number of nitrogens with two attached hydrogens (primary N) is 1. The number of amides is 3. The molecule has 0 fully saturated rings. The molecule has 0 saturated heterocycles. The van der Waals surface area contributed by atoms with Gasteiger partial charge in [0.1, 0.15) is 12.6 Å². The molecule has 0 aromatic carbocycles. The fourth-order valence-electron chi connectivity index (χ4n) is 1.24. The molecule has 17 heavy (non-hydrogen) atoms. The van der Waals surface area contributed by atoms with Gasteiger partial charge in [0.2, 0.25) is 5.91 Å². The predicted octanol–water partition coefficient (Wildman–Crippen LogP) is -0.689. The van der Waals surface area contributed by atoms with E-state index in [1.54, 1.807) is 13.8 Å². The van der Waals surface area contributed by atoms with Crippen LogP contribution in [-0.4, -0.2) is 49.6 Å². The second-order valence-corrected chi connectivity index (χ2v) is 4.00. The number of esters is 1. The average molecular weight is 245 g/mol. The van der Waals surface area contributed by atoms with Crippen molar-refractivity contribution in [2.75, 3.05) is 20.7 Å². The lowest BCUT2D eigenvalue weighted by Crippen LogP contribution is -2.52. The highest BCUT2D eigenvalue weighted by molar-refractivity contribution is 5.88. The number of hydrogen-bond donors (Lipinski definition) is 2. The SMILES string of the molecule is COC(=O)CN(C)C(=O)C(NC(N)=O)C(C)C. The molecule has 0 bridgehead atoms. The van der Waals surface area contributed by atoms with E-state index in [0.717, 1.165) is 0 Å². The van der Waals surface area contributed by atoms with Crippen molar-refractivity contribution in [2.24, 2.45) is 11.7 Å². The Kier molecular flexibility index (Phi) is 6.01. The molecular formula is C10H19N3O4. The molecule has 98 valence electrons. The van der Waals surface area contributed by atoms with Crippen LogP contribution in [0.2, 0.25) is 0 Å². The number of methoxy groups -OCH3 is 1. The molecule has 0 aromatic heterocycles. The van der Waals surface area contributed by atoms with Crippen molar-refractivity contribution in [3.05, 3.63) is 0 Å². The monoisotopic (exact) mass is 245 g/mol. The van der Waals surface area contributed by atoms with Crippen LogP contribution in [0.25, 0.3) is 0 Å². The van der Waals surface area contributed by atoms with Crippen molar-refractivity contribution in [1.29, 1.82) is 0 Å². The molecule has 0 aliphatic heterocycles. The van der Waals surface area contributed by atoms with Gasteiger partial charge < -0.3 is 20.7 Å². The zero-order valence-corrected chi connectivity index (χ0v) is 10.5. The van der Waals surface area contributed by atoms with Crippen LogP contribution in [0.15, 0.2) is 0 Å². The third-order valence-electron chi connectivity index (χ3n) is 2.20. The number of rotatable bonds is 5. The first-order valence-corrected chi connectivity index (χ1v) is 5.17. The van der Waals surface area contributed by atoms with Gasteiger partial charge >= 0.3 is 12.0 Å². The van der Waals surface area contributed by atoms with E-state index in [2.05, 4.69) is 10.1 Å². The standard InChI is InChI=1S/C10H19N3O4/c1-6(2)8(12-10(11)16)9(15)13(3)5-7(14)17-4/h6,8H,5H2,1-4H3,(H3,11,12,16). The van der Waals surface area contributed by atoms with E-state index in [-0.39, 0.29) is 18.4 Å². The van der Waals surface area contributed by atoms with Gasteiger partial charge in [-0.1, -0.05) is 13.8 Å². The number of nitrogens with zero attached hydrogens (tertiary/aromatic N) is 1. The number of hydrogen-bond acceptors (Lipinski definition) is 4. The van der Waals surface area contributed by atoms with Gasteiger partial charge in [-0.25, -0.2) is 4.79 Å². The Balaban J connectivity index is 4.60. The van der Waals surface area contributed by atoms with Crippen LogP contribution in [0.1, 0.15) is 13.8 Å². The minimum atomic E-state index is -0.775. The average Bonchev–Trinajstić information content (AvgIpc) is 2.23. The number of primary amides is 1. The minimum Gasteiger partial charge on any atom is -0.468 e. The Morgan fingerprint density at radius 1 is 1.35 bits per heavy atom. The van der Waals surface area contributed by atoms with Gasteiger partial charge in [-0.2, -0.15) is 0 Å². The topological polar surface area (TPSA) is 102 Å². The van der Waals surface area contributed by atoms with E-state index in [4.69, 9.17) is 5.73 Å². The quantitative estimate of drug-likeness (QED) is 0.626. The van der Waals surface area contributed by atoms with E-state index in [1.807, 2.05) is 0 Å². The van der Waals surface area contributed by atoms with Crippen LogP contribution in [0.3, 0.4) is 0 Å². The summed E-state index contributed by atoms with van der Waals surface area (Å²) < 4.78 is 4.45. The molecule has 0 aliphatic carbocycles. The normalized spacial score (nSPS) is 11.8. The highest BCUT2D eigenvalue weighted by Gasteiger charge is 2.27. The lowest BCUT2D eigenvalue weighted by atomic mass is 10.0. The smallest absolute Gasteiger partial charge is 0.325 e. The van der Waals surface area contributed by atoms with Crippen molar-refractivity contribution >= 4 is 17.9 Å². The first kappa shape index (κ1) is 15.2. The van der Waals surface area contributed by atoms with Gasteiger partial charge in [-0.3, -0.25) is 9.59 Å². The Bertz CT molecular complexity index is 304. The van der Waals surface area contributed by atoms with Gasteiger partial charge in [-0.15, -0.1) is 0 Å². The van der Waals surface area contributed by atoms with Crippen molar-refractivity contribution < 1.29 is 19.1 Å². The maximum Gasteiger partial charge on any atom is 0.325 e. The Morgan fingerprint density at radius 3 is 2.24 bits per heavy atom. The summed E-state index contributed by atoms with van der Waals surface area (Å²) in [5.74, 6) is -1.04. The van der Waals surface area contributed by atoms with E-state index in [1.165, 1.54) is 19.1 Å². The number of carbonyl (C=O) groups excluding carboxylic acids is 3. The van der Waals surface area contributed by atoms with Crippen molar-refractivity contribution in [2.45, 2.75) is 19.9 Å². The third-order valence-corrected chi connectivity index (χ3v) is 2.20. The maximum atomic E-state index is 11.9. The predicted molar refractivity (Wildman–Crippen MR) is 61.0 cm³/mol. The molecular weight excluding hydrogens is 226 g/mol. The second-order valence-electron chi connectivity index (χ2n) is 4.00. The lowest BCUT2D eigenvalue weighted by Gasteiger charge is -2.25. The van der Waals surface area contributed by atoms with E-state index < -0.39 is 18.0 Å². The molecule has 0 radical (unpaired) electrons. The molecule has 0 saturated carbocycles. The summed E-state index contributed by atoms with van der Waals surface area (Å²) >= 11 is 0. The van der Waals surface area contributed by atoms with Crippen LogP contribution >= 0.6 is 0 Å². The van der Waals surface area contributed by atoms with Gasteiger partial charge in [0.25, 0.3) is 0 Å². The molecule has 7 nitrogen and oxygen atoms in total. The van der Waals surface area contributed by atoms with Gasteiger partial charge in [0, 0.05) is 7.05 Å². The highest BCUT2D eigenvalue weighted by atomic mass is 16.5. The number of ether oxygens (including phenoxy) is 1. The summed E-state index contributed by atoms with van der Waals surface area (Å²) in [5.41, 5.74) is 4.98. The van der Waals surface area contributed by atoms with Gasteiger partial charge in [0.15, 0.2) is 0 Å². The summed E-state index contributed by atoms with van der Waals surface area (Å²) in [6.07, 6.45) is 0. The summed E-state index contributed by atoms with van der Waals surface area (Å²) in [4.78, 5) is 34.9. The fraction of sp³-hybridized carbons (Fsp3) is 0.700. The molecule has 0 heterocycles. The molecule has 0 aromatic rings. The Morgan fingerprint density at radius 2 is 1.88 bits per heavy atom. The number of likely N-dealkylation sites (N-methyl/N-ethyl adjacent to an activating group) is 1. The fourth-order valence-corrected chi connectivity index (χ4v) is 1.24. The maximum absolute atomic E-state index is 11.9. The molecule has 0 rings (SSSR count). The second kappa shape index (κ2) is 6.72. The first-order chi connectivity index (χ1) is 7.79.